The van der Waals surface area contributed by atoms with Gasteiger partial charge < -0.3 is 35.1 Å². The number of aromatic nitrogens is 1. The van der Waals surface area contributed by atoms with Gasteiger partial charge in [0.05, 0.1) is 18.9 Å². The van der Waals surface area contributed by atoms with Crippen LogP contribution >= 0.6 is 12.2 Å². The first-order chi connectivity index (χ1) is 20.4. The Bertz CT molecular complexity index is 1390. The van der Waals surface area contributed by atoms with Gasteiger partial charge in [0.2, 0.25) is 0 Å². The van der Waals surface area contributed by atoms with Crippen LogP contribution in [0.1, 0.15) is 34.5 Å². The summed E-state index contributed by atoms with van der Waals surface area (Å²) in [5, 5.41) is 15.4. The number of rotatable bonds is 6. The Morgan fingerprint density at radius 2 is 1.52 bits per heavy atom. The first-order valence-electron chi connectivity index (χ1n) is 14.3. The number of likely N-dealkylation sites (tertiary alicyclic amines) is 1. The first-order valence-corrected chi connectivity index (χ1v) is 14.7. The Morgan fingerprint density at radius 1 is 0.929 bits per heavy atom. The van der Waals surface area contributed by atoms with E-state index in [1.54, 1.807) is 0 Å². The molecule has 0 radical (unpaired) electrons. The van der Waals surface area contributed by atoms with Crippen molar-refractivity contribution in [3.05, 3.63) is 83.7 Å². The van der Waals surface area contributed by atoms with Crippen molar-refractivity contribution >= 4 is 46.3 Å². The van der Waals surface area contributed by atoms with Gasteiger partial charge in [-0.15, -0.1) is 0 Å². The summed E-state index contributed by atoms with van der Waals surface area (Å²) in [6.07, 6.45) is 3.85. The second-order valence-corrected chi connectivity index (χ2v) is 11.1. The first kappa shape index (κ1) is 29.4. The number of aromatic amines is 1. The highest BCUT2D eigenvalue weighted by atomic mass is 32.1. The molecule has 4 N–H and O–H groups in total. The Morgan fingerprint density at radius 3 is 2.07 bits per heavy atom. The number of nitrogens with one attached hydrogen (secondary N) is 4. The Hall–Kier alpha value is -4.06. The van der Waals surface area contributed by atoms with Gasteiger partial charge in [-0.05, 0) is 99.8 Å². The number of H-pyrrole nitrogens is 1. The molecule has 10 nitrogen and oxygen atoms in total. The van der Waals surface area contributed by atoms with Crippen LogP contribution in [0, 0.1) is 5.41 Å². The van der Waals surface area contributed by atoms with Crippen LogP contribution in [0.2, 0.25) is 0 Å². The molecule has 2 aromatic carbocycles. The van der Waals surface area contributed by atoms with Gasteiger partial charge in [0.1, 0.15) is 0 Å². The number of hydrogen-bond donors (Lipinski definition) is 4. The molecule has 220 valence electrons. The number of piperidine rings is 1. The molecular formula is C31H38N8O2S. The van der Waals surface area contributed by atoms with Crippen LogP contribution in [-0.2, 0) is 4.74 Å². The van der Waals surface area contributed by atoms with E-state index in [9.17, 15) is 4.79 Å². The van der Waals surface area contributed by atoms with E-state index in [4.69, 9.17) is 22.4 Å². The van der Waals surface area contributed by atoms with Crippen molar-refractivity contribution in [2.75, 3.05) is 64.1 Å². The van der Waals surface area contributed by atoms with E-state index >= 15 is 0 Å². The fourth-order valence-electron chi connectivity index (χ4n) is 5.19. The molecule has 1 amide bonds. The third-order valence-electron chi connectivity index (χ3n) is 7.66. The lowest BCUT2D eigenvalue weighted by Gasteiger charge is -2.35. The van der Waals surface area contributed by atoms with Crippen molar-refractivity contribution in [2.24, 2.45) is 4.99 Å². The molecular weight excluding hydrogens is 548 g/mol. The smallest absolute Gasteiger partial charge is 0.253 e. The van der Waals surface area contributed by atoms with Crippen LogP contribution in [-0.4, -0.2) is 102 Å². The van der Waals surface area contributed by atoms with E-state index < -0.39 is 0 Å². The van der Waals surface area contributed by atoms with Crippen molar-refractivity contribution in [3.8, 4) is 0 Å². The van der Waals surface area contributed by atoms with Crippen LogP contribution in [0.4, 0.5) is 11.4 Å². The minimum atomic E-state index is 0.0689. The maximum Gasteiger partial charge on any atom is 0.253 e. The van der Waals surface area contributed by atoms with Gasteiger partial charge in [-0.25, -0.2) is 4.99 Å². The second-order valence-electron chi connectivity index (χ2n) is 10.7. The maximum absolute atomic E-state index is 12.9. The SMILES string of the molecule is CN(C)C1CCN(C(=O)c2ccc(NC(=S)Nc3ccc(C(=N)N=C(c4ccc[nH]4)N4CCOCC4)cc3)cc2)CC1. The molecule has 3 heterocycles. The number of aliphatic imine (C=N–C) groups is 1. The van der Waals surface area contributed by atoms with Crippen LogP contribution < -0.4 is 10.6 Å². The zero-order valence-corrected chi connectivity index (χ0v) is 24.9. The minimum absolute atomic E-state index is 0.0689. The Labute approximate surface area is 252 Å². The Balaban J connectivity index is 1.15. The molecule has 11 heteroatoms. The average molecular weight is 587 g/mol. The fourth-order valence-corrected chi connectivity index (χ4v) is 5.42. The molecule has 1 aromatic heterocycles. The summed E-state index contributed by atoms with van der Waals surface area (Å²) < 4.78 is 5.49. The number of benzene rings is 2. The van der Waals surface area contributed by atoms with E-state index in [0.29, 0.717) is 35.5 Å². The molecule has 0 spiro atoms. The second kappa shape index (κ2) is 13.7. The Kier molecular flexibility index (Phi) is 9.63. The predicted octanol–water partition coefficient (Wildman–Crippen LogP) is 4.09. The summed E-state index contributed by atoms with van der Waals surface area (Å²) in [6, 6.07) is 19.3. The highest BCUT2D eigenvalue weighted by Gasteiger charge is 2.24. The van der Waals surface area contributed by atoms with Crippen molar-refractivity contribution in [1.82, 2.24) is 19.7 Å². The molecule has 5 rings (SSSR count). The molecule has 3 aromatic rings. The highest BCUT2D eigenvalue weighted by Crippen LogP contribution is 2.19. The molecule has 2 saturated heterocycles. The lowest BCUT2D eigenvalue weighted by atomic mass is 10.0. The molecule has 0 atom stereocenters. The summed E-state index contributed by atoms with van der Waals surface area (Å²) in [5.41, 5.74) is 3.83. The zero-order valence-electron chi connectivity index (χ0n) is 24.1. The van der Waals surface area contributed by atoms with Gasteiger partial charge in [-0.1, -0.05) is 0 Å². The number of amidine groups is 2. The lowest BCUT2D eigenvalue weighted by molar-refractivity contribution is 0.0663. The predicted molar refractivity (Wildman–Crippen MR) is 172 cm³/mol. The zero-order chi connectivity index (χ0) is 29.5. The summed E-state index contributed by atoms with van der Waals surface area (Å²) in [7, 11) is 4.19. The van der Waals surface area contributed by atoms with Gasteiger partial charge in [-0.2, -0.15) is 0 Å². The standard InChI is InChI=1S/C31H38N8O2S/c1-37(2)26-13-16-39(17-14-26)30(40)23-7-11-25(12-8-23)35-31(42)34-24-9-5-22(6-10-24)28(32)36-29(27-4-3-15-33-27)38-18-20-41-21-19-38/h3-12,15,26,32-33H,13-14,16-21H2,1-2H3,(H2,34,35,42). The van der Waals surface area contributed by atoms with E-state index in [1.165, 1.54) is 0 Å². The molecule has 0 unspecified atom stereocenters. The van der Waals surface area contributed by atoms with Crippen molar-refractivity contribution < 1.29 is 9.53 Å². The van der Waals surface area contributed by atoms with Crippen LogP contribution in [0.25, 0.3) is 0 Å². The molecule has 2 aliphatic rings. The molecule has 0 aliphatic carbocycles. The third-order valence-corrected chi connectivity index (χ3v) is 7.86. The third kappa shape index (κ3) is 7.41. The van der Waals surface area contributed by atoms with Crippen LogP contribution in [0.3, 0.4) is 0 Å². The largest absolute Gasteiger partial charge is 0.378 e. The van der Waals surface area contributed by atoms with Gasteiger partial charge in [-0.3, -0.25) is 10.2 Å². The van der Waals surface area contributed by atoms with E-state index in [1.807, 2.05) is 71.8 Å². The van der Waals surface area contributed by atoms with Gasteiger partial charge in [0.25, 0.3) is 5.91 Å². The maximum atomic E-state index is 12.9. The van der Waals surface area contributed by atoms with Crippen LogP contribution in [0.5, 0.6) is 0 Å². The average Bonchev–Trinajstić information content (AvgIpc) is 3.55. The minimum Gasteiger partial charge on any atom is -0.378 e. The van der Waals surface area contributed by atoms with Crippen LogP contribution in [0.15, 0.2) is 71.9 Å². The number of morpholine rings is 1. The summed E-state index contributed by atoms with van der Waals surface area (Å²) >= 11 is 5.51. The lowest BCUT2D eigenvalue weighted by Crippen LogP contribution is -2.44. The molecule has 2 fully saturated rings. The summed E-state index contributed by atoms with van der Waals surface area (Å²) in [5.74, 6) is 0.983. The molecule has 0 bridgehead atoms. The highest BCUT2D eigenvalue weighted by molar-refractivity contribution is 7.80. The van der Waals surface area contributed by atoms with E-state index in [-0.39, 0.29) is 11.7 Å². The molecule has 0 saturated carbocycles. The topological polar surface area (TPSA) is 112 Å². The van der Waals surface area contributed by atoms with Gasteiger partial charge in [0, 0.05) is 60.9 Å². The number of nitrogens with zero attached hydrogens (tertiary/aromatic N) is 4. The normalized spacial score (nSPS) is 16.4. The number of carbonyl (C=O) groups excluding carboxylic acids is 1. The number of amides is 1. The fraction of sp³-hybridized carbons (Fsp3) is 0.355. The monoisotopic (exact) mass is 586 g/mol. The van der Waals surface area contributed by atoms with Gasteiger partial charge >= 0.3 is 0 Å². The van der Waals surface area contributed by atoms with E-state index in [2.05, 4.69) is 44.5 Å². The van der Waals surface area contributed by atoms with Crippen molar-refractivity contribution in [3.63, 3.8) is 0 Å². The van der Waals surface area contributed by atoms with Gasteiger partial charge in [0.15, 0.2) is 16.8 Å². The number of anilines is 2. The van der Waals surface area contributed by atoms with Crippen molar-refractivity contribution in [2.45, 2.75) is 18.9 Å². The summed E-state index contributed by atoms with van der Waals surface area (Å²) in [4.78, 5) is 27.1. The number of ether oxygens (including phenoxy) is 1. The number of carbonyl (C=O) groups is 1. The number of thiocarbonyl (C=S) groups is 1. The molecule has 42 heavy (non-hydrogen) atoms. The quantitative estimate of drug-likeness (QED) is 0.196. The van der Waals surface area contributed by atoms with E-state index in [0.717, 1.165) is 61.9 Å². The summed E-state index contributed by atoms with van der Waals surface area (Å²) in [6.45, 7) is 4.30. The van der Waals surface area contributed by atoms with Crippen molar-refractivity contribution in [1.29, 1.82) is 5.41 Å². The number of hydrogen-bond acceptors (Lipinski definition) is 5. The molecule has 2 aliphatic heterocycles.